The molecular formula is C12H8F2N4O. The molecule has 96 valence electrons. The summed E-state index contributed by atoms with van der Waals surface area (Å²) in [5.41, 5.74) is 0.686. The number of rotatable bonds is 4. The van der Waals surface area contributed by atoms with Crippen LogP contribution in [0.1, 0.15) is 5.69 Å². The molecule has 0 spiro atoms. The van der Waals surface area contributed by atoms with Crippen LogP contribution in [0.3, 0.4) is 0 Å². The van der Waals surface area contributed by atoms with Crippen LogP contribution in [0.4, 0.5) is 20.4 Å². The second kappa shape index (κ2) is 5.73. The first-order valence-corrected chi connectivity index (χ1v) is 5.22. The Morgan fingerprint density at radius 2 is 2.16 bits per heavy atom. The first-order chi connectivity index (χ1) is 9.17. The second-order valence-electron chi connectivity index (χ2n) is 3.41. The van der Waals surface area contributed by atoms with Crippen molar-refractivity contribution in [2.24, 2.45) is 0 Å². The lowest BCUT2D eigenvalue weighted by Gasteiger charge is -2.08. The van der Waals surface area contributed by atoms with Crippen molar-refractivity contribution >= 4 is 11.6 Å². The minimum atomic E-state index is -2.88. The van der Waals surface area contributed by atoms with Gasteiger partial charge in [-0.2, -0.15) is 14.0 Å². The molecule has 19 heavy (non-hydrogen) atoms. The number of nitrogens with zero attached hydrogens (tertiary/aromatic N) is 3. The van der Waals surface area contributed by atoms with Gasteiger partial charge in [-0.15, -0.1) is 0 Å². The second-order valence-corrected chi connectivity index (χ2v) is 3.41. The molecule has 0 saturated carbocycles. The molecular weight excluding hydrogens is 254 g/mol. The summed E-state index contributed by atoms with van der Waals surface area (Å²) in [5.74, 6) is 0.227. The van der Waals surface area contributed by atoms with Crippen molar-refractivity contribution in [3.63, 3.8) is 0 Å². The molecule has 1 heterocycles. The Kier molecular flexibility index (Phi) is 3.83. The van der Waals surface area contributed by atoms with Crippen LogP contribution < -0.4 is 10.1 Å². The summed E-state index contributed by atoms with van der Waals surface area (Å²) in [7, 11) is 0. The normalized spacial score (nSPS) is 10.0. The fourth-order valence-corrected chi connectivity index (χ4v) is 1.36. The van der Waals surface area contributed by atoms with Crippen molar-refractivity contribution in [3.05, 3.63) is 42.2 Å². The largest absolute Gasteiger partial charge is 0.435 e. The predicted molar refractivity (Wildman–Crippen MR) is 63.1 cm³/mol. The van der Waals surface area contributed by atoms with Crippen molar-refractivity contribution in [3.8, 4) is 11.8 Å². The van der Waals surface area contributed by atoms with E-state index in [-0.39, 0.29) is 17.4 Å². The molecule has 0 bridgehead atoms. The van der Waals surface area contributed by atoms with Crippen LogP contribution in [0.5, 0.6) is 5.75 Å². The number of alkyl halides is 2. The van der Waals surface area contributed by atoms with E-state index in [2.05, 4.69) is 20.0 Å². The number of halogens is 2. The number of ether oxygens (including phenoxy) is 1. The molecule has 7 heteroatoms. The highest BCUT2D eigenvalue weighted by Gasteiger charge is 2.05. The summed E-state index contributed by atoms with van der Waals surface area (Å²) < 4.78 is 28.4. The van der Waals surface area contributed by atoms with Gasteiger partial charge in [-0.25, -0.2) is 9.97 Å². The van der Waals surface area contributed by atoms with Gasteiger partial charge in [0.25, 0.3) is 0 Å². The van der Waals surface area contributed by atoms with Gasteiger partial charge in [-0.3, -0.25) is 0 Å². The first kappa shape index (κ1) is 12.7. The predicted octanol–water partition coefficient (Wildman–Crippen LogP) is 2.69. The summed E-state index contributed by atoms with van der Waals surface area (Å²) in [4.78, 5) is 7.82. The first-order valence-electron chi connectivity index (χ1n) is 5.22. The number of aromatic nitrogens is 2. The molecule has 0 atom stereocenters. The van der Waals surface area contributed by atoms with Crippen LogP contribution in [-0.2, 0) is 0 Å². The van der Waals surface area contributed by atoms with E-state index in [0.717, 1.165) is 0 Å². The zero-order valence-electron chi connectivity index (χ0n) is 9.55. The summed E-state index contributed by atoms with van der Waals surface area (Å²) in [5, 5.41) is 11.5. The Balaban J connectivity index is 2.16. The molecule has 0 aliphatic carbocycles. The minimum absolute atomic E-state index is 0.0245. The van der Waals surface area contributed by atoms with E-state index in [0.29, 0.717) is 5.69 Å². The third-order valence-electron chi connectivity index (χ3n) is 2.09. The quantitative estimate of drug-likeness (QED) is 0.917. The Labute approximate surface area is 107 Å². The fourth-order valence-electron chi connectivity index (χ4n) is 1.36. The van der Waals surface area contributed by atoms with Crippen LogP contribution in [0.2, 0.25) is 0 Å². The molecule has 5 nitrogen and oxygen atoms in total. The highest BCUT2D eigenvalue weighted by Crippen LogP contribution is 2.21. The van der Waals surface area contributed by atoms with Gasteiger partial charge in [0.05, 0.1) is 0 Å². The molecule has 0 saturated heterocycles. The molecule has 0 radical (unpaired) electrons. The Morgan fingerprint density at radius 1 is 1.32 bits per heavy atom. The maximum atomic E-state index is 12.1. The molecule has 1 aromatic heterocycles. The Bertz CT molecular complexity index is 613. The van der Waals surface area contributed by atoms with Gasteiger partial charge in [0, 0.05) is 18.0 Å². The smallest absolute Gasteiger partial charge is 0.387 e. The van der Waals surface area contributed by atoms with Crippen LogP contribution in [0.25, 0.3) is 0 Å². The van der Waals surface area contributed by atoms with Gasteiger partial charge in [0.1, 0.15) is 17.5 Å². The fraction of sp³-hybridized carbons (Fsp3) is 0.0833. The number of hydrogen-bond acceptors (Lipinski definition) is 5. The average molecular weight is 262 g/mol. The van der Waals surface area contributed by atoms with Crippen LogP contribution in [0, 0.1) is 11.3 Å². The topological polar surface area (TPSA) is 70.8 Å². The van der Waals surface area contributed by atoms with Gasteiger partial charge in [-0.05, 0) is 18.2 Å². The molecule has 0 amide bonds. The lowest BCUT2D eigenvalue weighted by molar-refractivity contribution is -0.0497. The number of nitrogens with one attached hydrogen (secondary N) is 1. The summed E-state index contributed by atoms with van der Waals surface area (Å²) in [6.07, 6.45) is 1.42. The van der Waals surface area contributed by atoms with E-state index in [1.165, 1.54) is 24.4 Å². The molecule has 0 aliphatic rings. The van der Waals surface area contributed by atoms with Crippen LogP contribution in [0.15, 0.2) is 36.5 Å². The zero-order valence-corrected chi connectivity index (χ0v) is 9.55. The summed E-state index contributed by atoms with van der Waals surface area (Å²) >= 11 is 0. The van der Waals surface area contributed by atoms with E-state index in [4.69, 9.17) is 5.26 Å². The molecule has 0 unspecified atom stereocenters. The van der Waals surface area contributed by atoms with Gasteiger partial charge < -0.3 is 10.1 Å². The molecule has 0 fully saturated rings. The summed E-state index contributed by atoms with van der Waals surface area (Å²) in [6.45, 7) is -2.88. The third-order valence-corrected chi connectivity index (χ3v) is 2.09. The molecule has 2 rings (SSSR count). The van der Waals surface area contributed by atoms with Crippen molar-refractivity contribution in [2.75, 3.05) is 5.32 Å². The van der Waals surface area contributed by atoms with Gasteiger partial charge in [-0.1, -0.05) is 6.07 Å². The maximum Gasteiger partial charge on any atom is 0.387 e. The average Bonchev–Trinajstić information content (AvgIpc) is 2.38. The van der Waals surface area contributed by atoms with Crippen molar-refractivity contribution in [1.29, 1.82) is 5.26 Å². The maximum absolute atomic E-state index is 12.1. The number of benzene rings is 1. The van der Waals surface area contributed by atoms with Crippen LogP contribution >= 0.6 is 0 Å². The standard InChI is InChI=1S/C12H8F2N4O/c13-11(14)19-10-3-1-2-8(6-10)17-12-16-5-4-9(7-15)18-12/h1-6,11H,(H,16,17,18). The Morgan fingerprint density at radius 3 is 2.89 bits per heavy atom. The minimum Gasteiger partial charge on any atom is -0.435 e. The monoisotopic (exact) mass is 262 g/mol. The van der Waals surface area contributed by atoms with E-state index >= 15 is 0 Å². The van der Waals surface area contributed by atoms with E-state index in [1.54, 1.807) is 12.1 Å². The van der Waals surface area contributed by atoms with Gasteiger partial charge in [0.15, 0.2) is 0 Å². The van der Waals surface area contributed by atoms with Crippen molar-refractivity contribution in [2.45, 2.75) is 6.61 Å². The lowest BCUT2D eigenvalue weighted by Crippen LogP contribution is -2.02. The van der Waals surface area contributed by atoms with Crippen molar-refractivity contribution in [1.82, 2.24) is 9.97 Å². The number of anilines is 2. The van der Waals surface area contributed by atoms with E-state index < -0.39 is 6.61 Å². The van der Waals surface area contributed by atoms with Gasteiger partial charge in [0.2, 0.25) is 5.95 Å². The zero-order chi connectivity index (χ0) is 13.7. The van der Waals surface area contributed by atoms with E-state index in [9.17, 15) is 8.78 Å². The van der Waals surface area contributed by atoms with Gasteiger partial charge >= 0.3 is 6.61 Å². The van der Waals surface area contributed by atoms with Crippen molar-refractivity contribution < 1.29 is 13.5 Å². The number of hydrogen-bond donors (Lipinski definition) is 1. The van der Waals surface area contributed by atoms with E-state index in [1.807, 2.05) is 6.07 Å². The summed E-state index contributed by atoms with van der Waals surface area (Å²) in [6, 6.07) is 9.32. The van der Waals surface area contributed by atoms with Crippen LogP contribution in [-0.4, -0.2) is 16.6 Å². The highest BCUT2D eigenvalue weighted by atomic mass is 19.3. The Hall–Kier alpha value is -2.75. The molecule has 1 aromatic carbocycles. The highest BCUT2D eigenvalue weighted by molar-refractivity contribution is 5.56. The lowest BCUT2D eigenvalue weighted by atomic mass is 10.3. The molecule has 2 aromatic rings. The molecule has 1 N–H and O–H groups in total. The number of nitriles is 1. The molecule has 0 aliphatic heterocycles. The SMILES string of the molecule is N#Cc1ccnc(Nc2cccc(OC(F)F)c2)n1. The third kappa shape index (κ3) is 3.61.